The lowest BCUT2D eigenvalue weighted by molar-refractivity contribution is 0.596. The molecule has 0 spiro atoms. The third kappa shape index (κ3) is 3.13. The number of halogens is 1. The van der Waals surface area contributed by atoms with Gasteiger partial charge in [-0.25, -0.2) is 12.8 Å². The SMILES string of the molecule is Cc1cc(F)cc2c(NCC3CCS(=O)(=O)C3)c(C#N)cnc12. The average molecular weight is 333 g/mol. The third-order valence-corrected chi connectivity index (χ3v) is 5.98. The maximum Gasteiger partial charge on any atom is 0.150 e. The second-order valence-electron chi connectivity index (χ2n) is 5.93. The molecule has 0 aliphatic carbocycles. The number of nitrogens with zero attached hydrogens (tertiary/aromatic N) is 2. The van der Waals surface area contributed by atoms with Crippen molar-refractivity contribution in [1.29, 1.82) is 5.26 Å². The maximum atomic E-state index is 13.7. The number of aryl methyl sites for hydroxylation is 1. The van der Waals surface area contributed by atoms with Crippen molar-refractivity contribution in [2.75, 3.05) is 23.4 Å². The highest BCUT2D eigenvalue weighted by atomic mass is 32.2. The lowest BCUT2D eigenvalue weighted by Gasteiger charge is -2.15. The van der Waals surface area contributed by atoms with Crippen LogP contribution >= 0.6 is 0 Å². The standard InChI is InChI=1S/C16H16FN3O2S/c1-10-4-13(17)5-14-15(10)20-8-12(6-18)16(14)19-7-11-2-3-23(21,22)9-11/h4-5,8,11H,2-3,7,9H2,1H3,(H,19,20). The predicted octanol–water partition coefficient (Wildman–Crippen LogP) is 2.40. The van der Waals surface area contributed by atoms with Crippen molar-refractivity contribution in [2.24, 2.45) is 5.92 Å². The molecule has 5 nitrogen and oxygen atoms in total. The van der Waals surface area contributed by atoms with Crippen molar-refractivity contribution in [1.82, 2.24) is 4.98 Å². The second-order valence-corrected chi connectivity index (χ2v) is 8.16. The predicted molar refractivity (Wildman–Crippen MR) is 86.4 cm³/mol. The van der Waals surface area contributed by atoms with E-state index >= 15 is 0 Å². The number of benzene rings is 1. The molecule has 1 atom stereocenters. The number of nitrogens with one attached hydrogen (secondary N) is 1. The average Bonchev–Trinajstić information content (AvgIpc) is 2.83. The van der Waals surface area contributed by atoms with Crippen LogP contribution in [0.15, 0.2) is 18.3 Å². The highest BCUT2D eigenvalue weighted by molar-refractivity contribution is 7.91. The van der Waals surface area contributed by atoms with Crippen molar-refractivity contribution in [3.63, 3.8) is 0 Å². The molecule has 120 valence electrons. The van der Waals surface area contributed by atoms with Gasteiger partial charge in [0.15, 0.2) is 9.84 Å². The van der Waals surface area contributed by atoms with Gasteiger partial charge in [-0.2, -0.15) is 5.26 Å². The molecule has 23 heavy (non-hydrogen) atoms. The summed E-state index contributed by atoms with van der Waals surface area (Å²) in [5, 5.41) is 13.0. The van der Waals surface area contributed by atoms with Gasteiger partial charge in [0.2, 0.25) is 0 Å². The topological polar surface area (TPSA) is 82.9 Å². The van der Waals surface area contributed by atoms with Crippen LogP contribution in [0.25, 0.3) is 10.9 Å². The molecular formula is C16H16FN3O2S. The van der Waals surface area contributed by atoms with Gasteiger partial charge >= 0.3 is 0 Å². The molecule has 1 aliphatic rings. The Kier molecular flexibility index (Phi) is 3.94. The first-order chi connectivity index (χ1) is 10.9. The normalized spacial score (nSPS) is 19.6. The summed E-state index contributed by atoms with van der Waals surface area (Å²) >= 11 is 0. The summed E-state index contributed by atoms with van der Waals surface area (Å²) in [5.74, 6) is -0.0316. The van der Waals surface area contributed by atoms with Gasteiger partial charge in [0.1, 0.15) is 11.9 Å². The Labute approximate surface area is 134 Å². The van der Waals surface area contributed by atoms with Gasteiger partial charge in [0.25, 0.3) is 0 Å². The molecule has 1 unspecified atom stereocenters. The van der Waals surface area contributed by atoms with E-state index in [1.165, 1.54) is 18.3 Å². The zero-order chi connectivity index (χ0) is 16.6. The number of fused-ring (bicyclic) bond motifs is 1. The van der Waals surface area contributed by atoms with Crippen molar-refractivity contribution in [2.45, 2.75) is 13.3 Å². The first-order valence-corrected chi connectivity index (χ1v) is 9.15. The number of aromatic nitrogens is 1. The summed E-state index contributed by atoms with van der Waals surface area (Å²) in [7, 11) is -2.95. The first-order valence-electron chi connectivity index (χ1n) is 7.33. The Morgan fingerprint density at radius 2 is 2.26 bits per heavy atom. The van der Waals surface area contributed by atoms with Crippen molar-refractivity contribution in [3.05, 3.63) is 35.3 Å². The highest BCUT2D eigenvalue weighted by Gasteiger charge is 2.27. The van der Waals surface area contributed by atoms with E-state index in [0.29, 0.717) is 40.7 Å². The highest BCUT2D eigenvalue weighted by Crippen LogP contribution is 2.29. The maximum absolute atomic E-state index is 13.7. The summed E-state index contributed by atoms with van der Waals surface area (Å²) in [4.78, 5) is 4.23. The number of anilines is 1. The Morgan fingerprint density at radius 3 is 2.91 bits per heavy atom. The molecule has 1 aromatic carbocycles. The van der Waals surface area contributed by atoms with Gasteiger partial charge in [0.05, 0.1) is 28.3 Å². The molecule has 2 aromatic rings. The number of sulfone groups is 1. The van der Waals surface area contributed by atoms with Crippen LogP contribution in [0.5, 0.6) is 0 Å². The smallest absolute Gasteiger partial charge is 0.150 e. The fourth-order valence-electron chi connectivity index (χ4n) is 2.99. The molecule has 0 radical (unpaired) electrons. The van der Waals surface area contributed by atoms with Gasteiger partial charge in [-0.05, 0) is 37.0 Å². The molecule has 1 aliphatic heterocycles. The molecule has 1 N–H and O–H groups in total. The number of pyridine rings is 1. The fraction of sp³-hybridized carbons (Fsp3) is 0.375. The van der Waals surface area contributed by atoms with Gasteiger partial charge < -0.3 is 5.32 Å². The Balaban J connectivity index is 1.97. The Bertz CT molecular complexity index is 919. The number of nitriles is 1. The second kappa shape index (κ2) is 5.78. The van der Waals surface area contributed by atoms with E-state index in [2.05, 4.69) is 16.4 Å². The van der Waals surface area contributed by atoms with E-state index < -0.39 is 15.7 Å². The Hall–Kier alpha value is -2.20. The summed E-state index contributed by atoms with van der Waals surface area (Å²) in [6.07, 6.45) is 2.06. The van der Waals surface area contributed by atoms with Crippen LogP contribution < -0.4 is 5.32 Å². The van der Waals surface area contributed by atoms with Gasteiger partial charge in [-0.1, -0.05) is 0 Å². The molecule has 1 saturated heterocycles. The minimum Gasteiger partial charge on any atom is -0.383 e. The molecule has 0 bridgehead atoms. The first kappa shape index (κ1) is 15.7. The summed E-state index contributed by atoms with van der Waals surface area (Å²) < 4.78 is 36.8. The van der Waals surface area contributed by atoms with Crippen LogP contribution in [-0.4, -0.2) is 31.5 Å². The number of hydrogen-bond acceptors (Lipinski definition) is 5. The molecule has 7 heteroatoms. The van der Waals surface area contributed by atoms with Crippen molar-refractivity contribution < 1.29 is 12.8 Å². The van der Waals surface area contributed by atoms with Crippen molar-refractivity contribution >= 4 is 26.4 Å². The summed E-state index contributed by atoms with van der Waals surface area (Å²) in [6, 6.07) is 4.80. The van der Waals surface area contributed by atoms with E-state index in [9.17, 15) is 18.1 Å². The summed E-state index contributed by atoms with van der Waals surface area (Å²) in [5.41, 5.74) is 2.16. The van der Waals surface area contributed by atoms with Crippen LogP contribution in [-0.2, 0) is 9.84 Å². The number of hydrogen-bond donors (Lipinski definition) is 1. The summed E-state index contributed by atoms with van der Waals surface area (Å²) in [6.45, 7) is 2.19. The third-order valence-electron chi connectivity index (χ3n) is 4.14. The zero-order valence-electron chi connectivity index (χ0n) is 12.6. The lowest BCUT2D eigenvalue weighted by Crippen LogP contribution is -2.16. The van der Waals surface area contributed by atoms with E-state index in [4.69, 9.17) is 0 Å². The van der Waals surface area contributed by atoms with E-state index in [-0.39, 0.29) is 17.4 Å². The number of rotatable bonds is 3. The molecule has 2 heterocycles. The largest absolute Gasteiger partial charge is 0.383 e. The van der Waals surface area contributed by atoms with Crippen LogP contribution in [0, 0.1) is 30.0 Å². The molecular weight excluding hydrogens is 317 g/mol. The monoisotopic (exact) mass is 333 g/mol. The van der Waals surface area contributed by atoms with Crippen LogP contribution in [0.1, 0.15) is 17.5 Å². The van der Waals surface area contributed by atoms with E-state index in [1.54, 1.807) is 6.92 Å². The van der Waals surface area contributed by atoms with E-state index in [0.717, 1.165) is 0 Å². The minimum atomic E-state index is -2.95. The van der Waals surface area contributed by atoms with Gasteiger partial charge in [0, 0.05) is 18.1 Å². The molecule has 3 rings (SSSR count). The van der Waals surface area contributed by atoms with Gasteiger partial charge in [-0.3, -0.25) is 4.98 Å². The van der Waals surface area contributed by atoms with Crippen molar-refractivity contribution in [3.8, 4) is 6.07 Å². The quantitative estimate of drug-likeness (QED) is 0.932. The zero-order valence-corrected chi connectivity index (χ0v) is 13.5. The van der Waals surface area contributed by atoms with Crippen LogP contribution in [0.2, 0.25) is 0 Å². The van der Waals surface area contributed by atoms with Crippen LogP contribution in [0.3, 0.4) is 0 Å². The van der Waals surface area contributed by atoms with E-state index in [1.807, 2.05) is 0 Å². The molecule has 1 aromatic heterocycles. The molecule has 0 saturated carbocycles. The van der Waals surface area contributed by atoms with Crippen LogP contribution in [0.4, 0.5) is 10.1 Å². The lowest BCUT2D eigenvalue weighted by atomic mass is 10.0. The van der Waals surface area contributed by atoms with Gasteiger partial charge in [-0.15, -0.1) is 0 Å². The minimum absolute atomic E-state index is 0.00409. The molecule has 0 amide bonds. The molecule has 1 fully saturated rings. The Morgan fingerprint density at radius 1 is 1.48 bits per heavy atom. The fourth-order valence-corrected chi connectivity index (χ4v) is 4.85.